The molecule has 1 heterocycles. The molecule has 0 bridgehead atoms. The number of halogens is 2. The van der Waals surface area contributed by atoms with Crippen LogP contribution in [0, 0.1) is 29.0 Å². The highest BCUT2D eigenvalue weighted by atomic mass is 35.6. The second-order valence-electron chi connectivity index (χ2n) is 8.99. The van der Waals surface area contributed by atoms with Gasteiger partial charge in [0.15, 0.2) is 7.38 Å². The van der Waals surface area contributed by atoms with Crippen LogP contribution >= 0.6 is 11.1 Å². The monoisotopic (exact) mass is 405 g/mol. The molecule has 0 aromatic heterocycles. The van der Waals surface area contributed by atoms with Gasteiger partial charge in [-0.2, -0.15) is 16.3 Å². The van der Waals surface area contributed by atoms with Gasteiger partial charge in [0.05, 0.1) is 5.56 Å². The van der Waals surface area contributed by atoms with Gasteiger partial charge < -0.3 is 0 Å². The largest absolute Gasteiger partial charge is 0.206 e. The lowest BCUT2D eigenvalue weighted by atomic mass is 9.76. The number of hydrogen-bond acceptors (Lipinski definition) is 1. The van der Waals surface area contributed by atoms with Gasteiger partial charge in [-0.1, -0.05) is 45.1 Å². The maximum atomic E-state index is 13.9. The van der Waals surface area contributed by atoms with E-state index in [1.807, 2.05) is 12.1 Å². The van der Waals surface area contributed by atoms with Crippen molar-refractivity contribution in [3.05, 3.63) is 35.1 Å². The van der Waals surface area contributed by atoms with E-state index in [4.69, 9.17) is 16.3 Å². The van der Waals surface area contributed by atoms with Gasteiger partial charge in [-0.25, -0.2) is 4.39 Å². The molecule has 1 saturated carbocycles. The standard InChI is InChI=1S/C23H33ClFNSi/c1-2-13-27(24)14-11-19(12-15-27)4-3-18-5-7-20(8-6-18)21-9-10-22(17-26)23(25)16-21/h9-10,16,18-20H,2-8,11-15H2,1H3. The van der Waals surface area contributed by atoms with Gasteiger partial charge in [-0.05, 0) is 79.3 Å². The van der Waals surface area contributed by atoms with Crippen LogP contribution in [0.3, 0.4) is 0 Å². The van der Waals surface area contributed by atoms with Crippen LogP contribution in [0.1, 0.15) is 81.8 Å². The van der Waals surface area contributed by atoms with Crippen LogP contribution in [0.25, 0.3) is 0 Å². The van der Waals surface area contributed by atoms with Crippen LogP contribution in [0.5, 0.6) is 0 Å². The van der Waals surface area contributed by atoms with Gasteiger partial charge in [0.2, 0.25) is 0 Å². The summed E-state index contributed by atoms with van der Waals surface area (Å²) < 4.78 is 13.9. The maximum Gasteiger partial charge on any atom is 0.156 e. The minimum absolute atomic E-state index is 0.155. The first-order chi connectivity index (χ1) is 13.0. The van der Waals surface area contributed by atoms with E-state index in [0.29, 0.717) is 5.92 Å². The molecule has 0 atom stereocenters. The molecular formula is C23H33ClFNSi. The summed E-state index contributed by atoms with van der Waals surface area (Å²) in [5.41, 5.74) is 1.24. The Morgan fingerprint density at radius 3 is 2.26 bits per heavy atom. The van der Waals surface area contributed by atoms with Crippen LogP contribution in [0.15, 0.2) is 18.2 Å². The van der Waals surface area contributed by atoms with E-state index in [1.54, 1.807) is 12.1 Å². The molecule has 0 N–H and O–H groups in total. The maximum absolute atomic E-state index is 13.9. The Labute approximate surface area is 170 Å². The Hall–Kier alpha value is -0.853. The molecule has 3 rings (SSSR count). The summed E-state index contributed by atoms with van der Waals surface area (Å²) in [5.74, 6) is 1.86. The summed E-state index contributed by atoms with van der Waals surface area (Å²) in [4.78, 5) is 0. The molecule has 148 valence electrons. The molecular weight excluding hydrogens is 373 g/mol. The van der Waals surface area contributed by atoms with Gasteiger partial charge in [0.25, 0.3) is 0 Å². The lowest BCUT2D eigenvalue weighted by molar-refractivity contribution is 0.280. The highest BCUT2D eigenvalue weighted by Gasteiger charge is 2.35. The van der Waals surface area contributed by atoms with Crippen molar-refractivity contribution in [2.45, 2.75) is 88.8 Å². The van der Waals surface area contributed by atoms with Crippen LogP contribution in [-0.4, -0.2) is 7.38 Å². The number of benzene rings is 1. The van der Waals surface area contributed by atoms with Gasteiger partial charge >= 0.3 is 0 Å². The van der Waals surface area contributed by atoms with Crippen molar-refractivity contribution in [1.82, 2.24) is 0 Å². The first-order valence-electron chi connectivity index (χ1n) is 10.9. The average molecular weight is 406 g/mol. The third-order valence-corrected chi connectivity index (χ3v) is 12.6. The highest BCUT2D eigenvalue weighted by Crippen LogP contribution is 2.42. The number of nitrogens with zero attached hydrogens (tertiary/aromatic N) is 1. The molecule has 0 radical (unpaired) electrons. The summed E-state index contributed by atoms with van der Waals surface area (Å²) in [6.45, 7) is 2.27. The predicted molar refractivity (Wildman–Crippen MR) is 114 cm³/mol. The predicted octanol–water partition coefficient (Wildman–Crippen LogP) is 7.76. The molecule has 0 spiro atoms. The summed E-state index contributed by atoms with van der Waals surface area (Å²) in [6.07, 6.45) is 11.6. The van der Waals surface area contributed by atoms with E-state index in [1.165, 1.54) is 63.1 Å². The van der Waals surface area contributed by atoms with E-state index in [0.717, 1.165) is 30.2 Å². The fraction of sp³-hybridized carbons (Fsp3) is 0.696. The molecule has 1 saturated heterocycles. The molecule has 4 heteroatoms. The lowest BCUT2D eigenvalue weighted by Crippen LogP contribution is -2.32. The van der Waals surface area contributed by atoms with E-state index in [9.17, 15) is 4.39 Å². The molecule has 27 heavy (non-hydrogen) atoms. The zero-order valence-electron chi connectivity index (χ0n) is 16.7. The van der Waals surface area contributed by atoms with E-state index in [2.05, 4.69) is 6.92 Å². The van der Waals surface area contributed by atoms with Crippen molar-refractivity contribution < 1.29 is 4.39 Å². The van der Waals surface area contributed by atoms with Gasteiger partial charge in [-0.3, -0.25) is 0 Å². The molecule has 1 nitrogen and oxygen atoms in total. The zero-order valence-corrected chi connectivity index (χ0v) is 18.4. The average Bonchev–Trinajstić information content (AvgIpc) is 2.68. The summed E-state index contributed by atoms with van der Waals surface area (Å²) in [6, 6.07) is 11.1. The molecule has 0 amide bonds. The van der Waals surface area contributed by atoms with Crippen molar-refractivity contribution in [3.8, 4) is 6.07 Å². The highest BCUT2D eigenvalue weighted by molar-refractivity contribution is 7.20. The van der Waals surface area contributed by atoms with Gasteiger partial charge in [0.1, 0.15) is 11.9 Å². The van der Waals surface area contributed by atoms with Crippen LogP contribution in [0.4, 0.5) is 4.39 Å². The first-order valence-corrected chi connectivity index (χ1v) is 14.5. The first kappa shape index (κ1) is 20.9. The summed E-state index contributed by atoms with van der Waals surface area (Å²) in [7, 11) is -1.38. The third-order valence-electron chi connectivity index (χ3n) is 7.11. The zero-order chi connectivity index (χ0) is 19.3. The Kier molecular flexibility index (Phi) is 7.40. The van der Waals surface area contributed by atoms with Crippen molar-refractivity contribution in [2.75, 3.05) is 0 Å². The Morgan fingerprint density at radius 2 is 1.70 bits per heavy atom. The quantitative estimate of drug-likeness (QED) is 0.350. The topological polar surface area (TPSA) is 23.8 Å². The molecule has 0 unspecified atom stereocenters. The van der Waals surface area contributed by atoms with Crippen molar-refractivity contribution >= 4 is 18.5 Å². The minimum atomic E-state index is -1.38. The molecule has 1 aliphatic carbocycles. The fourth-order valence-corrected chi connectivity index (χ4v) is 10.0. The minimum Gasteiger partial charge on any atom is -0.206 e. The van der Waals surface area contributed by atoms with Gasteiger partial charge in [-0.15, -0.1) is 0 Å². The molecule has 1 aromatic carbocycles. The van der Waals surface area contributed by atoms with E-state index >= 15 is 0 Å². The summed E-state index contributed by atoms with van der Waals surface area (Å²) >= 11 is 6.89. The third kappa shape index (κ3) is 5.58. The molecule has 1 aliphatic heterocycles. The Bertz CT molecular complexity index is 655. The van der Waals surface area contributed by atoms with Gasteiger partial charge in [0, 0.05) is 0 Å². The Morgan fingerprint density at radius 1 is 1.07 bits per heavy atom. The van der Waals surface area contributed by atoms with Crippen molar-refractivity contribution in [3.63, 3.8) is 0 Å². The van der Waals surface area contributed by atoms with Crippen molar-refractivity contribution in [1.29, 1.82) is 5.26 Å². The fourth-order valence-electron chi connectivity index (χ4n) is 5.31. The normalized spacial score (nSPS) is 31.4. The van der Waals surface area contributed by atoms with E-state index in [-0.39, 0.29) is 11.4 Å². The smallest absolute Gasteiger partial charge is 0.156 e. The van der Waals surface area contributed by atoms with Crippen molar-refractivity contribution in [2.24, 2.45) is 11.8 Å². The lowest BCUT2D eigenvalue weighted by Gasteiger charge is -2.35. The van der Waals surface area contributed by atoms with Crippen LogP contribution in [-0.2, 0) is 0 Å². The Balaban J connectivity index is 1.40. The number of rotatable bonds is 6. The van der Waals surface area contributed by atoms with E-state index < -0.39 is 7.38 Å². The SMILES string of the molecule is CCC[Si]1(Cl)CCC(CCC2CCC(c3ccc(C#N)c(F)c3)CC2)CC1. The van der Waals surface area contributed by atoms with Crippen LogP contribution < -0.4 is 0 Å². The molecule has 2 aliphatic rings. The number of hydrogen-bond donors (Lipinski definition) is 0. The molecule has 1 aromatic rings. The summed E-state index contributed by atoms with van der Waals surface area (Å²) in [5, 5.41) is 8.88. The molecule has 2 fully saturated rings. The second kappa shape index (κ2) is 9.57. The second-order valence-corrected chi connectivity index (χ2v) is 15.2. The number of nitriles is 1. The van der Waals surface area contributed by atoms with Crippen LogP contribution in [0.2, 0.25) is 18.1 Å².